The summed E-state index contributed by atoms with van der Waals surface area (Å²) in [5.74, 6) is 4.01. The van der Waals surface area contributed by atoms with Crippen molar-refractivity contribution >= 4 is 41.6 Å². The standard InChI is InChI=1S/C56H98N10O7S/c1-39(2)14-11-15-40(3)16-12-17-41(4)18-13-22-56(8)23-21-45-44(7)52(42(5)43(6)53(45)73-56)72-55(71)62-29-28-60-49(68)37-66(50(69)20-10-9-19-47-51-46(38-74-47)63-54(70)64-51)35-32-61-48(67)36-65-33-30-58-26-24-57-25-27-59-31-34-65/h39-41,46-47,51,57-59H,9-38H2,1-8H3,(H,60,68)(H,61,67)(H,62,71)(H2,63,64,70)/t40-,41-,46+,47+,51+,56-/m1/s1. The molecule has 4 heterocycles. The molecule has 0 unspecified atom stereocenters. The zero-order chi connectivity index (χ0) is 53.5. The molecular weight excluding hydrogens is 957 g/mol. The highest BCUT2D eigenvalue weighted by Crippen LogP contribution is 2.45. The van der Waals surface area contributed by atoms with Gasteiger partial charge in [-0.1, -0.05) is 79.1 Å². The highest BCUT2D eigenvalue weighted by atomic mass is 32.2. The molecule has 0 aliphatic carbocycles. The van der Waals surface area contributed by atoms with Gasteiger partial charge in [0.15, 0.2) is 0 Å². The molecule has 5 rings (SSSR count). The highest BCUT2D eigenvalue weighted by molar-refractivity contribution is 8.00. The molecule has 4 aliphatic rings. The molecule has 3 fully saturated rings. The molecule has 1 aromatic rings. The molecular formula is C56H98N10O7S. The largest absolute Gasteiger partial charge is 0.487 e. The van der Waals surface area contributed by atoms with Crippen molar-refractivity contribution in [2.24, 2.45) is 17.8 Å². The van der Waals surface area contributed by atoms with Crippen LogP contribution in [0, 0.1) is 38.5 Å². The molecule has 4 aliphatic heterocycles. The number of unbranched alkanes of at least 4 members (excludes halogenated alkanes) is 1. The van der Waals surface area contributed by atoms with Crippen molar-refractivity contribution in [2.75, 3.05) is 97.4 Å². The number of benzene rings is 1. The average Bonchev–Trinajstić information content (AvgIpc) is 3.91. The Morgan fingerprint density at radius 3 is 2.09 bits per heavy atom. The minimum atomic E-state index is -0.607. The van der Waals surface area contributed by atoms with E-state index in [0.29, 0.717) is 23.3 Å². The smallest absolute Gasteiger partial charge is 0.412 e. The normalized spacial score (nSPS) is 22.2. The van der Waals surface area contributed by atoms with Crippen molar-refractivity contribution in [2.45, 2.75) is 175 Å². The second-order valence-electron chi connectivity index (χ2n) is 22.6. The first-order valence-corrected chi connectivity index (χ1v) is 29.7. The zero-order valence-corrected chi connectivity index (χ0v) is 47.7. The van der Waals surface area contributed by atoms with Crippen LogP contribution in [-0.2, 0) is 20.8 Å². The minimum Gasteiger partial charge on any atom is -0.487 e. The molecule has 0 radical (unpaired) electrons. The van der Waals surface area contributed by atoms with Crippen LogP contribution in [0.4, 0.5) is 9.59 Å². The first-order valence-electron chi connectivity index (χ1n) is 28.6. The summed E-state index contributed by atoms with van der Waals surface area (Å²) >= 11 is 1.85. The third kappa shape index (κ3) is 20.9. The van der Waals surface area contributed by atoms with Crippen molar-refractivity contribution < 1.29 is 33.4 Å². The maximum absolute atomic E-state index is 13.7. The molecule has 6 amide bonds. The van der Waals surface area contributed by atoms with Gasteiger partial charge in [0, 0.05) is 102 Å². The lowest BCUT2D eigenvalue weighted by Gasteiger charge is -2.38. The van der Waals surface area contributed by atoms with Gasteiger partial charge in [-0.25, -0.2) is 9.59 Å². The van der Waals surface area contributed by atoms with Gasteiger partial charge in [-0.3, -0.25) is 19.3 Å². The molecule has 8 N–H and O–H groups in total. The van der Waals surface area contributed by atoms with Crippen LogP contribution in [-0.4, -0.2) is 160 Å². The lowest BCUT2D eigenvalue weighted by atomic mass is 9.83. The fourth-order valence-electron chi connectivity index (χ4n) is 10.9. The number of ether oxygens (including phenoxy) is 2. The number of nitrogens with one attached hydrogen (secondary N) is 8. The Kier molecular flexibility index (Phi) is 26.4. The predicted molar refractivity (Wildman–Crippen MR) is 298 cm³/mol. The second kappa shape index (κ2) is 32.0. The number of amides is 6. The number of hydrogen-bond acceptors (Lipinski definition) is 12. The molecule has 0 bridgehead atoms. The Morgan fingerprint density at radius 2 is 1.41 bits per heavy atom. The van der Waals surface area contributed by atoms with Gasteiger partial charge in [-0.15, -0.1) is 0 Å². The predicted octanol–water partition coefficient (Wildman–Crippen LogP) is 6.09. The first-order chi connectivity index (χ1) is 35.5. The number of rotatable bonds is 28. The zero-order valence-electron chi connectivity index (χ0n) is 46.8. The van der Waals surface area contributed by atoms with Crippen molar-refractivity contribution in [1.82, 2.24) is 52.3 Å². The van der Waals surface area contributed by atoms with E-state index in [9.17, 15) is 24.0 Å². The second-order valence-corrected chi connectivity index (χ2v) is 23.9. The van der Waals surface area contributed by atoms with Crippen LogP contribution in [0.25, 0.3) is 0 Å². The van der Waals surface area contributed by atoms with Crippen LogP contribution in [0.5, 0.6) is 11.5 Å². The highest BCUT2D eigenvalue weighted by Gasteiger charge is 2.42. The monoisotopic (exact) mass is 1050 g/mol. The molecule has 0 aromatic heterocycles. The maximum atomic E-state index is 13.7. The molecule has 1 aromatic carbocycles. The number of carbonyl (C=O) groups excluding carboxylic acids is 5. The molecule has 74 heavy (non-hydrogen) atoms. The summed E-state index contributed by atoms with van der Waals surface area (Å²) in [5, 5.41) is 25.1. The van der Waals surface area contributed by atoms with Gasteiger partial charge >= 0.3 is 12.1 Å². The van der Waals surface area contributed by atoms with E-state index in [4.69, 9.17) is 9.47 Å². The molecule has 0 spiro atoms. The van der Waals surface area contributed by atoms with E-state index in [-0.39, 0.29) is 87.1 Å². The van der Waals surface area contributed by atoms with Gasteiger partial charge in [-0.2, -0.15) is 11.8 Å². The van der Waals surface area contributed by atoms with E-state index in [2.05, 4.69) is 82.1 Å². The SMILES string of the molecule is Cc1c(C)c2c(c(C)c1OC(=O)NCCNC(=O)CN(CCNC(=O)CN1CCNCCNCCNCC1)C(=O)CCCC[C@@H]1SC[C@@H]3NC(=O)N[C@@H]31)CC[C@@](C)(CCC[C@H](C)CCC[C@H](C)CCCC(C)C)O2. The third-order valence-electron chi connectivity index (χ3n) is 15.7. The van der Waals surface area contributed by atoms with Crippen LogP contribution >= 0.6 is 11.8 Å². The first kappa shape index (κ1) is 61.0. The number of carbonyl (C=O) groups is 5. The van der Waals surface area contributed by atoms with Crippen LogP contribution in [0.3, 0.4) is 0 Å². The van der Waals surface area contributed by atoms with Crippen molar-refractivity contribution in [3.8, 4) is 11.5 Å². The summed E-state index contributed by atoms with van der Waals surface area (Å²) < 4.78 is 12.8. The van der Waals surface area contributed by atoms with E-state index in [1.807, 2.05) is 32.5 Å². The Bertz CT molecular complexity index is 1930. The summed E-state index contributed by atoms with van der Waals surface area (Å²) in [6.07, 6.45) is 15.1. The molecule has 18 heteroatoms. The van der Waals surface area contributed by atoms with Crippen LogP contribution in [0.2, 0.25) is 0 Å². The van der Waals surface area contributed by atoms with Crippen molar-refractivity contribution in [1.29, 1.82) is 0 Å². The van der Waals surface area contributed by atoms with Gasteiger partial charge in [-0.05, 0) is 101 Å². The van der Waals surface area contributed by atoms with Gasteiger partial charge < -0.3 is 56.9 Å². The topological polar surface area (TPSA) is 207 Å². The fourth-order valence-corrected chi connectivity index (χ4v) is 12.5. The lowest BCUT2D eigenvalue weighted by Crippen LogP contribution is -2.47. The minimum absolute atomic E-state index is 0.107. The summed E-state index contributed by atoms with van der Waals surface area (Å²) in [7, 11) is 0. The fraction of sp³-hybridized carbons (Fsp3) is 0.804. The Labute approximate surface area is 449 Å². The number of fused-ring (bicyclic) bond motifs is 2. The van der Waals surface area contributed by atoms with Crippen LogP contribution < -0.4 is 52.0 Å². The average molecular weight is 1060 g/mol. The summed E-state index contributed by atoms with van der Waals surface area (Å²) in [6, 6.07) is 0.138. The third-order valence-corrected chi connectivity index (χ3v) is 17.3. The Balaban J connectivity index is 1.05. The summed E-state index contributed by atoms with van der Waals surface area (Å²) in [5.41, 5.74) is 3.62. The van der Waals surface area contributed by atoms with E-state index < -0.39 is 6.09 Å². The van der Waals surface area contributed by atoms with Crippen LogP contribution in [0.1, 0.15) is 147 Å². The van der Waals surface area contributed by atoms with E-state index >= 15 is 0 Å². The Morgan fingerprint density at radius 1 is 0.770 bits per heavy atom. The molecule has 420 valence electrons. The van der Waals surface area contributed by atoms with Gasteiger partial charge in [0.05, 0.1) is 25.2 Å². The number of thioether (sulfide) groups is 1. The Hall–Kier alpha value is -3.84. The van der Waals surface area contributed by atoms with Gasteiger partial charge in [0.1, 0.15) is 17.1 Å². The lowest BCUT2D eigenvalue weighted by molar-refractivity contribution is -0.136. The number of urea groups is 1. The van der Waals surface area contributed by atoms with Crippen molar-refractivity contribution in [3.63, 3.8) is 0 Å². The van der Waals surface area contributed by atoms with E-state index in [1.54, 1.807) is 0 Å². The number of nitrogens with zero attached hydrogens (tertiary/aromatic N) is 2. The molecule has 6 atom stereocenters. The summed E-state index contributed by atoms with van der Waals surface area (Å²) in [6.45, 7) is 25.0. The number of hydrogen-bond donors (Lipinski definition) is 8. The van der Waals surface area contributed by atoms with E-state index in [0.717, 1.165) is 136 Å². The molecule has 17 nitrogen and oxygen atoms in total. The van der Waals surface area contributed by atoms with Crippen molar-refractivity contribution in [3.05, 3.63) is 22.3 Å². The quantitative estimate of drug-likeness (QED) is 0.0355. The molecule has 3 saturated heterocycles. The van der Waals surface area contributed by atoms with E-state index in [1.165, 1.54) is 49.8 Å². The summed E-state index contributed by atoms with van der Waals surface area (Å²) in [4.78, 5) is 68.8. The molecule has 0 saturated carbocycles. The van der Waals surface area contributed by atoms with Gasteiger partial charge in [0.2, 0.25) is 17.7 Å². The van der Waals surface area contributed by atoms with Gasteiger partial charge in [0.25, 0.3) is 0 Å². The van der Waals surface area contributed by atoms with Crippen LogP contribution in [0.15, 0.2) is 0 Å². The maximum Gasteiger partial charge on any atom is 0.412 e.